The second-order valence-electron chi connectivity index (χ2n) is 6.46. The van der Waals surface area contributed by atoms with Crippen molar-refractivity contribution in [3.63, 3.8) is 0 Å². The lowest BCUT2D eigenvalue weighted by atomic mass is 10.2. The number of rotatable bonds is 8. The van der Waals surface area contributed by atoms with Crippen LogP contribution in [0.15, 0.2) is 59.5 Å². The summed E-state index contributed by atoms with van der Waals surface area (Å²) in [5, 5.41) is 0. The van der Waals surface area contributed by atoms with Crippen molar-refractivity contribution >= 4 is 7.51 Å². The van der Waals surface area contributed by atoms with Crippen molar-refractivity contribution in [2.24, 2.45) is 4.91 Å². The van der Waals surface area contributed by atoms with Gasteiger partial charge in [-0.3, -0.25) is 0 Å². The Hall–Kier alpha value is -1.85. The fourth-order valence-electron chi connectivity index (χ4n) is 2.64. The summed E-state index contributed by atoms with van der Waals surface area (Å²) in [4.78, 5) is 10.5. The van der Waals surface area contributed by atoms with E-state index in [4.69, 9.17) is 9.57 Å². The van der Waals surface area contributed by atoms with Gasteiger partial charge >= 0.3 is 0 Å². The van der Waals surface area contributed by atoms with Crippen molar-refractivity contribution in [2.45, 2.75) is 6.92 Å². The zero-order chi connectivity index (χ0) is 19.2. The zero-order valence-electron chi connectivity index (χ0n) is 16.5. The Morgan fingerprint density at radius 3 is 1.92 bits per heavy atom. The zero-order valence-corrected chi connectivity index (χ0v) is 17.4. The average molecular weight is 376 g/mol. The molecule has 6 nitrogen and oxygen atoms in total. The van der Waals surface area contributed by atoms with Crippen LogP contribution < -0.4 is 9.57 Å². The summed E-state index contributed by atoms with van der Waals surface area (Å²) in [6.07, 6.45) is 0. The highest BCUT2D eigenvalue weighted by Gasteiger charge is 2.33. The Morgan fingerprint density at radius 2 is 1.38 bits per heavy atom. The van der Waals surface area contributed by atoms with Gasteiger partial charge in [-0.2, -0.15) is 0 Å². The normalized spacial score (nSPS) is 11.9. The molecular weight excluding hydrogens is 347 g/mol. The summed E-state index contributed by atoms with van der Waals surface area (Å²) in [5.74, 6) is 1.55. The second-order valence-corrected chi connectivity index (χ2v) is 9.98. The standard InChI is InChI=1S/C19H29N4O2P/c1-17-12-14-19(15-13-17)25-20-26(21(2)3,22(4)5)23(6)16-24-18-10-8-7-9-11-18/h7-15H,16H2,1-6H3. The van der Waals surface area contributed by atoms with Crippen LogP contribution in [0.2, 0.25) is 0 Å². The first-order chi connectivity index (χ1) is 12.4. The quantitative estimate of drug-likeness (QED) is 0.390. The van der Waals surface area contributed by atoms with Crippen LogP contribution in [0.3, 0.4) is 0 Å². The topological polar surface area (TPSA) is 40.5 Å². The van der Waals surface area contributed by atoms with Gasteiger partial charge in [-0.05, 0) is 66.4 Å². The van der Waals surface area contributed by atoms with Crippen molar-refractivity contribution in [3.05, 3.63) is 60.2 Å². The molecule has 0 N–H and O–H groups in total. The largest absolute Gasteiger partial charge is 0.478 e. The lowest BCUT2D eigenvalue weighted by Gasteiger charge is -2.40. The highest BCUT2D eigenvalue weighted by molar-refractivity contribution is 7.58. The maximum absolute atomic E-state index is 5.93. The molecule has 0 radical (unpaired) electrons. The molecule has 0 heterocycles. The molecular formula is C19H29N4O2P. The van der Waals surface area contributed by atoms with Gasteiger partial charge in [0.25, 0.3) is 0 Å². The molecule has 26 heavy (non-hydrogen) atoms. The Morgan fingerprint density at radius 1 is 0.808 bits per heavy atom. The van der Waals surface area contributed by atoms with Gasteiger partial charge in [0.1, 0.15) is 12.5 Å². The van der Waals surface area contributed by atoms with Gasteiger partial charge in [0.15, 0.2) is 5.75 Å². The monoisotopic (exact) mass is 376 g/mol. The maximum atomic E-state index is 5.93. The molecule has 2 aromatic carbocycles. The first-order valence-corrected chi connectivity index (χ1v) is 10.1. The highest BCUT2D eigenvalue weighted by Crippen LogP contribution is 2.55. The van der Waals surface area contributed by atoms with Gasteiger partial charge in [-0.15, -0.1) is 0 Å². The molecule has 0 amide bonds. The molecule has 0 spiro atoms. The van der Waals surface area contributed by atoms with Gasteiger partial charge in [-0.25, -0.2) is 14.0 Å². The lowest BCUT2D eigenvalue weighted by molar-refractivity contribution is 0.207. The molecule has 0 bridgehead atoms. The second kappa shape index (κ2) is 9.19. The van der Waals surface area contributed by atoms with Gasteiger partial charge in [0.05, 0.1) is 0 Å². The van der Waals surface area contributed by atoms with Crippen molar-refractivity contribution in [3.8, 4) is 11.5 Å². The Kier molecular flexibility index (Phi) is 7.23. The van der Waals surface area contributed by atoms with Crippen molar-refractivity contribution in [1.82, 2.24) is 14.0 Å². The Balaban J connectivity index is 2.25. The third kappa shape index (κ3) is 4.86. The number of aryl methyl sites for hydroxylation is 1. The summed E-state index contributed by atoms with van der Waals surface area (Å²) < 4.78 is 12.2. The maximum Gasteiger partial charge on any atom is 0.213 e. The van der Waals surface area contributed by atoms with E-state index in [1.807, 2.05) is 96.8 Å². The van der Waals surface area contributed by atoms with E-state index < -0.39 is 7.51 Å². The van der Waals surface area contributed by atoms with Crippen LogP contribution in [-0.4, -0.2) is 56.0 Å². The number of ether oxygens (including phenoxy) is 1. The Bertz CT molecular complexity index is 721. The number of hydrogen-bond donors (Lipinski definition) is 0. The summed E-state index contributed by atoms with van der Waals surface area (Å²) in [6, 6.07) is 17.7. The van der Waals surface area contributed by atoms with Crippen molar-refractivity contribution < 1.29 is 9.57 Å². The van der Waals surface area contributed by atoms with Crippen LogP contribution in [-0.2, 0) is 0 Å². The molecule has 0 aliphatic rings. The first-order valence-electron chi connectivity index (χ1n) is 8.46. The van der Waals surface area contributed by atoms with E-state index in [1.165, 1.54) is 5.56 Å². The van der Waals surface area contributed by atoms with E-state index in [2.05, 4.69) is 18.9 Å². The molecule has 0 saturated heterocycles. The molecule has 0 saturated carbocycles. The molecule has 2 rings (SSSR count). The van der Waals surface area contributed by atoms with E-state index in [0.717, 1.165) is 11.5 Å². The van der Waals surface area contributed by atoms with Gasteiger partial charge in [0, 0.05) is 0 Å². The van der Waals surface area contributed by atoms with E-state index in [0.29, 0.717) is 6.73 Å². The SMILES string of the molecule is Cc1ccc(ON=P(N(C)C)(N(C)C)N(C)COc2ccccc2)cc1. The van der Waals surface area contributed by atoms with Gasteiger partial charge in [-0.1, -0.05) is 40.8 Å². The fraction of sp³-hybridized carbons (Fsp3) is 0.368. The number of benzene rings is 2. The highest BCUT2D eigenvalue weighted by atomic mass is 31.2. The number of hydrogen-bond acceptors (Lipinski definition) is 3. The van der Waals surface area contributed by atoms with Crippen LogP contribution in [0, 0.1) is 6.92 Å². The van der Waals surface area contributed by atoms with Crippen molar-refractivity contribution in [1.29, 1.82) is 0 Å². The summed E-state index contributed by atoms with van der Waals surface area (Å²) in [6.45, 7) is 2.45. The van der Waals surface area contributed by atoms with Crippen LogP contribution in [0.4, 0.5) is 0 Å². The van der Waals surface area contributed by atoms with E-state index >= 15 is 0 Å². The third-order valence-electron chi connectivity index (χ3n) is 3.97. The minimum atomic E-state index is -2.27. The van der Waals surface area contributed by atoms with Gasteiger partial charge in [0.2, 0.25) is 7.51 Å². The molecule has 2 aromatic rings. The fourth-order valence-corrected chi connectivity index (χ4v) is 5.41. The molecule has 0 fully saturated rings. The number of para-hydroxylation sites is 1. The van der Waals surface area contributed by atoms with Crippen LogP contribution in [0.5, 0.6) is 11.5 Å². The molecule has 0 atom stereocenters. The predicted molar refractivity (Wildman–Crippen MR) is 108 cm³/mol. The lowest BCUT2D eigenvalue weighted by Crippen LogP contribution is -2.35. The van der Waals surface area contributed by atoms with Gasteiger partial charge < -0.3 is 9.57 Å². The first kappa shape index (κ1) is 20.5. The molecule has 0 aromatic heterocycles. The predicted octanol–water partition coefficient (Wildman–Crippen LogP) is 4.33. The average Bonchev–Trinajstić information content (AvgIpc) is 2.62. The van der Waals surface area contributed by atoms with E-state index in [1.54, 1.807) is 0 Å². The summed E-state index contributed by atoms with van der Waals surface area (Å²) >= 11 is 0. The molecule has 142 valence electrons. The minimum absolute atomic E-state index is 0.398. The smallest absolute Gasteiger partial charge is 0.213 e. The molecule has 0 unspecified atom stereocenters. The third-order valence-corrected chi connectivity index (χ3v) is 7.45. The summed E-state index contributed by atoms with van der Waals surface area (Å²) in [7, 11) is 7.77. The minimum Gasteiger partial charge on any atom is -0.478 e. The van der Waals surface area contributed by atoms with Crippen LogP contribution in [0.25, 0.3) is 0 Å². The summed E-state index contributed by atoms with van der Waals surface area (Å²) in [5.41, 5.74) is 1.19. The number of nitrogens with zero attached hydrogens (tertiary/aromatic N) is 4. The van der Waals surface area contributed by atoms with Crippen molar-refractivity contribution in [2.75, 3.05) is 42.0 Å². The van der Waals surface area contributed by atoms with E-state index in [9.17, 15) is 0 Å². The molecule has 0 aliphatic carbocycles. The van der Waals surface area contributed by atoms with Crippen LogP contribution >= 0.6 is 7.51 Å². The molecule has 7 heteroatoms. The Labute approximate surface area is 157 Å². The van der Waals surface area contributed by atoms with E-state index in [-0.39, 0.29) is 0 Å². The van der Waals surface area contributed by atoms with Crippen LogP contribution in [0.1, 0.15) is 5.56 Å². The molecule has 0 aliphatic heterocycles.